The third-order valence-electron chi connectivity index (χ3n) is 16.2. The number of thioether (sulfide) groups is 1. The van der Waals surface area contributed by atoms with Crippen molar-refractivity contribution in [2.75, 3.05) is 42.1 Å². The van der Waals surface area contributed by atoms with Gasteiger partial charge in [0.2, 0.25) is 0 Å². The second-order valence-electron chi connectivity index (χ2n) is 23.5. The van der Waals surface area contributed by atoms with E-state index in [-0.39, 0.29) is 24.7 Å². The van der Waals surface area contributed by atoms with Crippen molar-refractivity contribution >= 4 is 68.0 Å². The summed E-state index contributed by atoms with van der Waals surface area (Å²) in [5.74, 6) is 23.5. The summed E-state index contributed by atoms with van der Waals surface area (Å²) in [6.45, 7) is 1.92. The lowest BCUT2D eigenvalue weighted by molar-refractivity contribution is 0.319. The fraction of sp³-hybridized carbons (Fsp3) is 0.232. The molecule has 0 bridgehead atoms. The molecule has 0 atom stereocenters. The molecule has 2 N–H and O–H groups in total. The zero-order chi connectivity index (χ0) is 72.6. The van der Waals surface area contributed by atoms with Crippen LogP contribution >= 0.6 is 58.2 Å². The Balaban J connectivity index is 0.000000168. The molecule has 528 valence electrons. The van der Waals surface area contributed by atoms with Crippen molar-refractivity contribution in [2.45, 2.75) is 77.4 Å². The summed E-state index contributed by atoms with van der Waals surface area (Å²) in [5.41, 5.74) is 13.9. The number of sulfone groups is 1. The Morgan fingerprint density at radius 2 is 0.750 bits per heavy atom. The first-order valence-corrected chi connectivity index (χ1v) is 38.7. The Labute approximate surface area is 632 Å². The van der Waals surface area contributed by atoms with E-state index in [0.29, 0.717) is 52.0 Å². The van der Waals surface area contributed by atoms with Crippen LogP contribution in [0.3, 0.4) is 0 Å². The van der Waals surface area contributed by atoms with E-state index in [1.807, 2.05) is 121 Å². The first kappa shape index (κ1) is 76.9. The van der Waals surface area contributed by atoms with Crippen molar-refractivity contribution in [3.63, 3.8) is 0 Å². The molecule has 0 unspecified atom stereocenters. The highest BCUT2D eigenvalue weighted by Gasteiger charge is 2.24. The molecular formula is C82H76Cl4N12O4S2. The van der Waals surface area contributed by atoms with Crippen LogP contribution in [-0.2, 0) is 48.7 Å². The molecule has 0 radical (unpaired) electrons. The molecular weight excluding hydrogens is 1420 g/mol. The van der Waals surface area contributed by atoms with Gasteiger partial charge in [0, 0.05) is 101 Å². The molecule has 0 amide bonds. The quantitative estimate of drug-likeness (QED) is 0.0279. The number of aryl methyl sites for hydroxylation is 3. The van der Waals surface area contributed by atoms with Gasteiger partial charge in [-0.15, -0.1) is 11.6 Å². The summed E-state index contributed by atoms with van der Waals surface area (Å²) >= 11 is 26.0. The van der Waals surface area contributed by atoms with Crippen LogP contribution in [0.4, 0.5) is 0 Å². The molecule has 6 heterocycles. The highest BCUT2D eigenvalue weighted by molar-refractivity contribution is 7.99. The van der Waals surface area contributed by atoms with Gasteiger partial charge in [0.05, 0.1) is 76.0 Å². The van der Waals surface area contributed by atoms with E-state index in [2.05, 4.69) is 140 Å². The SMILES string of the molecule is ClCCCC#Cc1nc(-c2ccc(Cl)cc2)c(-c2ccncn2)n1CCc1ccccc1.O=S(=O)(CCO)CCCC#Cc1nc(-c2ccc(Cl)cc2)c(-c2ccncn2)n1CCc1ccccc1.OCCSCCCC#Cc1nc(-c2ccc(Cl)cc2)c(-c2ccncn2)n1CCc1ccccc1. The molecule has 0 fully saturated rings. The third kappa shape index (κ3) is 22.9. The average Bonchev–Trinajstić information content (AvgIpc) is 1.64. The molecule has 0 aliphatic carbocycles. The molecule has 0 aliphatic rings. The standard InChI is InChI=1S/C28H27ClN4O3S.C28H27ClN4OS.C26H22Cl2N4/c29-24-12-10-23(11-13-24)27-28(25-14-16-30-21-31-25)33(17-15-22-7-3-1-4-8-22)26(32-27)9-5-2-6-19-37(35,36)20-18-34;29-24-12-10-23(11-13-24)27-28(25-14-16-30-21-31-25)33(17-15-22-7-3-1-4-8-22)26(32-27)9-5-2-6-19-35-20-18-34;27-16-6-2-5-9-24-31-25(21-10-12-22(28)13-11-21)26(23-14-17-29-19-30-23)32(24)18-15-20-7-3-1-4-8-20/h1,3-4,7-8,10-14,16,21,34H,2,6,15,17-20H2;1,3-4,7-8,10-14,16,21,34H,2,6,15,17-20H2;1,3-4,7-8,10-14,17,19H,2,6,15-16,18H2. The van der Waals surface area contributed by atoms with E-state index >= 15 is 0 Å². The second kappa shape index (κ2) is 40.9. The lowest BCUT2D eigenvalue weighted by Crippen LogP contribution is -2.13. The van der Waals surface area contributed by atoms with Crippen molar-refractivity contribution < 1.29 is 18.6 Å². The van der Waals surface area contributed by atoms with Gasteiger partial charge >= 0.3 is 0 Å². The Kier molecular flexibility index (Phi) is 30.3. The lowest BCUT2D eigenvalue weighted by Gasteiger charge is -2.11. The van der Waals surface area contributed by atoms with Crippen molar-refractivity contribution in [2.24, 2.45) is 0 Å². The zero-order valence-electron chi connectivity index (χ0n) is 57.1. The van der Waals surface area contributed by atoms with Gasteiger partial charge in [-0.25, -0.2) is 53.3 Å². The van der Waals surface area contributed by atoms with Gasteiger partial charge < -0.3 is 23.9 Å². The molecule has 22 heteroatoms. The molecule has 6 aromatic heterocycles. The minimum Gasteiger partial charge on any atom is -0.396 e. The Morgan fingerprint density at radius 1 is 0.404 bits per heavy atom. The predicted molar refractivity (Wildman–Crippen MR) is 421 cm³/mol. The number of aliphatic hydroxyl groups is 2. The number of rotatable bonds is 27. The van der Waals surface area contributed by atoms with Crippen molar-refractivity contribution in [3.8, 4) is 103 Å². The fourth-order valence-electron chi connectivity index (χ4n) is 11.1. The van der Waals surface area contributed by atoms with E-state index in [9.17, 15) is 8.42 Å². The van der Waals surface area contributed by atoms with Gasteiger partial charge in [-0.3, -0.25) is 0 Å². The third-order valence-corrected chi connectivity index (χ3v) is 19.9. The van der Waals surface area contributed by atoms with Gasteiger partial charge in [0.25, 0.3) is 0 Å². The summed E-state index contributed by atoms with van der Waals surface area (Å²) in [4.78, 5) is 40.7. The van der Waals surface area contributed by atoms with Gasteiger partial charge in [-0.05, 0) is 133 Å². The number of nitrogens with zero attached hydrogens (tertiary/aromatic N) is 12. The fourth-order valence-corrected chi connectivity index (χ4v) is 13.3. The lowest BCUT2D eigenvalue weighted by atomic mass is 10.1. The van der Waals surface area contributed by atoms with Crippen LogP contribution in [0.25, 0.3) is 67.9 Å². The predicted octanol–water partition coefficient (Wildman–Crippen LogP) is 16.5. The van der Waals surface area contributed by atoms with Gasteiger partial charge in [0.1, 0.15) is 19.0 Å². The van der Waals surface area contributed by atoms with E-state index in [0.717, 1.165) is 143 Å². The Hall–Kier alpha value is -9.75. The van der Waals surface area contributed by atoms with Crippen LogP contribution in [0.1, 0.15) is 72.7 Å². The molecule has 0 spiro atoms. The van der Waals surface area contributed by atoms with Gasteiger partial charge in [-0.2, -0.15) is 11.8 Å². The Morgan fingerprint density at radius 3 is 1.07 bits per heavy atom. The number of unbranched alkanes of at least 4 members (excludes halogenated alkanes) is 3. The molecule has 6 aromatic carbocycles. The van der Waals surface area contributed by atoms with Crippen LogP contribution in [-0.4, -0.2) is 119 Å². The van der Waals surface area contributed by atoms with Crippen LogP contribution in [0.2, 0.25) is 15.1 Å². The number of hydrogen-bond acceptors (Lipinski definition) is 14. The minimum absolute atomic E-state index is 0.00705. The summed E-state index contributed by atoms with van der Waals surface area (Å²) in [7, 11) is -3.27. The number of alkyl halides is 1. The number of halogens is 4. The first-order valence-electron chi connectivity index (χ1n) is 34.0. The minimum atomic E-state index is -3.27. The largest absolute Gasteiger partial charge is 0.396 e. The molecule has 16 nitrogen and oxygen atoms in total. The molecule has 0 aliphatic heterocycles. The highest BCUT2D eigenvalue weighted by Crippen LogP contribution is 2.36. The Bertz CT molecular complexity index is 4950. The first-order chi connectivity index (χ1) is 51.0. The normalized spacial score (nSPS) is 10.8. The van der Waals surface area contributed by atoms with E-state index in [1.165, 1.54) is 23.0 Å². The number of benzene rings is 6. The molecule has 0 saturated carbocycles. The van der Waals surface area contributed by atoms with Crippen LogP contribution in [0.5, 0.6) is 0 Å². The maximum atomic E-state index is 11.9. The van der Waals surface area contributed by atoms with Crippen molar-refractivity contribution in [3.05, 3.63) is 269 Å². The monoisotopic (exact) mass is 1500 g/mol. The smallest absolute Gasteiger partial charge is 0.186 e. The maximum absolute atomic E-state index is 11.9. The van der Waals surface area contributed by atoms with Crippen molar-refractivity contribution in [1.82, 2.24) is 58.6 Å². The van der Waals surface area contributed by atoms with Crippen LogP contribution in [0.15, 0.2) is 220 Å². The number of imidazole rings is 3. The zero-order valence-corrected chi connectivity index (χ0v) is 61.8. The highest BCUT2D eigenvalue weighted by atomic mass is 35.5. The van der Waals surface area contributed by atoms with Crippen molar-refractivity contribution in [1.29, 1.82) is 0 Å². The molecule has 104 heavy (non-hydrogen) atoms. The van der Waals surface area contributed by atoms with E-state index in [1.54, 1.807) is 43.0 Å². The summed E-state index contributed by atoms with van der Waals surface area (Å²) in [6.07, 6.45) is 16.4. The topological polar surface area (TPSA) is 205 Å². The van der Waals surface area contributed by atoms with Crippen LogP contribution in [0, 0.1) is 35.5 Å². The number of aliphatic hydroxyl groups excluding tert-OH is 2. The second-order valence-corrected chi connectivity index (χ2v) is 28.7. The number of aromatic nitrogens is 12. The molecule has 12 rings (SSSR count). The van der Waals surface area contributed by atoms with E-state index in [4.69, 9.17) is 71.6 Å². The molecule has 12 aromatic rings. The summed E-state index contributed by atoms with van der Waals surface area (Å²) in [5, 5.41) is 19.8. The number of hydrogen-bond donors (Lipinski definition) is 2. The maximum Gasteiger partial charge on any atom is 0.186 e. The van der Waals surface area contributed by atoms with Gasteiger partial charge in [0.15, 0.2) is 27.3 Å². The van der Waals surface area contributed by atoms with Gasteiger partial charge in [-0.1, -0.05) is 180 Å². The van der Waals surface area contributed by atoms with E-state index < -0.39 is 9.84 Å². The summed E-state index contributed by atoms with van der Waals surface area (Å²) < 4.78 is 30.2. The molecule has 0 saturated heterocycles. The summed E-state index contributed by atoms with van der Waals surface area (Å²) in [6, 6.07) is 59.5. The van der Waals surface area contributed by atoms with Crippen LogP contribution < -0.4 is 0 Å². The average molecular weight is 1500 g/mol.